The van der Waals surface area contributed by atoms with E-state index in [4.69, 9.17) is 17.3 Å². The molecule has 17 heavy (non-hydrogen) atoms. The third-order valence-electron chi connectivity index (χ3n) is 2.65. The van der Waals surface area contributed by atoms with E-state index in [1.54, 1.807) is 4.68 Å². The summed E-state index contributed by atoms with van der Waals surface area (Å²) in [6.07, 6.45) is 3.57. The minimum Gasteiger partial charge on any atom is -0.327 e. The Kier molecular flexibility index (Phi) is 3.82. The third kappa shape index (κ3) is 3.58. The number of hydrogen-bond donors (Lipinski definition) is 1. The minimum absolute atomic E-state index is 0.0890. The van der Waals surface area contributed by atoms with Gasteiger partial charge in [-0.05, 0) is 30.2 Å². The molecule has 1 aromatic carbocycles. The Morgan fingerprint density at radius 1 is 1.24 bits per heavy atom. The first-order chi connectivity index (χ1) is 8.13. The second-order valence-electron chi connectivity index (χ2n) is 4.28. The molecule has 0 aliphatic carbocycles. The standard InChI is InChI=1S/C13H16ClN3/c1-17-7-6-13(16-17)9-12(15)8-10-2-4-11(14)5-3-10/h2-7,12H,8-9,15H2,1H3. The van der Waals surface area contributed by atoms with E-state index in [1.807, 2.05) is 43.6 Å². The highest BCUT2D eigenvalue weighted by Crippen LogP contribution is 2.11. The molecule has 90 valence electrons. The van der Waals surface area contributed by atoms with Gasteiger partial charge < -0.3 is 5.73 Å². The fourth-order valence-corrected chi connectivity index (χ4v) is 1.96. The number of nitrogens with two attached hydrogens (primary N) is 1. The van der Waals surface area contributed by atoms with Crippen LogP contribution in [0.15, 0.2) is 36.5 Å². The van der Waals surface area contributed by atoms with Crippen LogP contribution in [0.2, 0.25) is 5.02 Å². The first-order valence-corrected chi connectivity index (χ1v) is 6.00. The van der Waals surface area contributed by atoms with Crippen LogP contribution in [0.5, 0.6) is 0 Å². The van der Waals surface area contributed by atoms with Gasteiger partial charge in [-0.3, -0.25) is 4.68 Å². The zero-order valence-corrected chi connectivity index (χ0v) is 10.6. The van der Waals surface area contributed by atoms with Gasteiger partial charge in [0.25, 0.3) is 0 Å². The van der Waals surface area contributed by atoms with Crippen molar-refractivity contribution in [2.45, 2.75) is 18.9 Å². The monoisotopic (exact) mass is 249 g/mol. The predicted octanol–water partition coefficient (Wildman–Crippen LogP) is 2.19. The van der Waals surface area contributed by atoms with E-state index in [0.29, 0.717) is 0 Å². The Morgan fingerprint density at radius 2 is 1.94 bits per heavy atom. The van der Waals surface area contributed by atoms with Gasteiger partial charge in [0.15, 0.2) is 0 Å². The molecule has 0 spiro atoms. The van der Waals surface area contributed by atoms with Gasteiger partial charge in [-0.15, -0.1) is 0 Å². The lowest BCUT2D eigenvalue weighted by molar-refractivity contribution is 0.638. The topological polar surface area (TPSA) is 43.8 Å². The largest absolute Gasteiger partial charge is 0.327 e. The van der Waals surface area contributed by atoms with Crippen LogP contribution in [0.3, 0.4) is 0 Å². The SMILES string of the molecule is Cn1ccc(CC(N)Cc2ccc(Cl)cc2)n1. The zero-order chi connectivity index (χ0) is 12.3. The number of hydrogen-bond acceptors (Lipinski definition) is 2. The highest BCUT2D eigenvalue weighted by atomic mass is 35.5. The summed E-state index contributed by atoms with van der Waals surface area (Å²) >= 11 is 5.84. The number of halogens is 1. The maximum atomic E-state index is 6.10. The average Bonchev–Trinajstić information content (AvgIpc) is 2.67. The Morgan fingerprint density at radius 3 is 2.53 bits per heavy atom. The van der Waals surface area contributed by atoms with Crippen molar-refractivity contribution in [2.24, 2.45) is 12.8 Å². The van der Waals surface area contributed by atoms with E-state index in [9.17, 15) is 0 Å². The minimum atomic E-state index is 0.0890. The van der Waals surface area contributed by atoms with Crippen molar-refractivity contribution in [3.8, 4) is 0 Å². The quantitative estimate of drug-likeness (QED) is 0.903. The van der Waals surface area contributed by atoms with E-state index >= 15 is 0 Å². The molecule has 0 radical (unpaired) electrons. The van der Waals surface area contributed by atoms with Gasteiger partial charge in [0, 0.05) is 30.7 Å². The van der Waals surface area contributed by atoms with Crippen molar-refractivity contribution in [3.63, 3.8) is 0 Å². The summed E-state index contributed by atoms with van der Waals surface area (Å²) in [6, 6.07) is 9.91. The summed E-state index contributed by atoms with van der Waals surface area (Å²) in [5.74, 6) is 0. The number of aryl methyl sites for hydroxylation is 1. The summed E-state index contributed by atoms with van der Waals surface area (Å²) in [6.45, 7) is 0. The van der Waals surface area contributed by atoms with Crippen LogP contribution in [0.25, 0.3) is 0 Å². The van der Waals surface area contributed by atoms with Crippen LogP contribution in [0.4, 0.5) is 0 Å². The lowest BCUT2D eigenvalue weighted by atomic mass is 10.0. The molecule has 2 aromatic rings. The Hall–Kier alpha value is -1.32. The summed E-state index contributed by atoms with van der Waals surface area (Å²) in [4.78, 5) is 0. The Bertz CT molecular complexity index is 476. The summed E-state index contributed by atoms with van der Waals surface area (Å²) < 4.78 is 1.80. The highest BCUT2D eigenvalue weighted by molar-refractivity contribution is 6.30. The third-order valence-corrected chi connectivity index (χ3v) is 2.90. The molecule has 0 aliphatic rings. The molecule has 1 atom stereocenters. The summed E-state index contributed by atoms with van der Waals surface area (Å²) in [7, 11) is 1.91. The molecule has 0 aliphatic heterocycles. The fourth-order valence-electron chi connectivity index (χ4n) is 1.84. The van der Waals surface area contributed by atoms with Gasteiger partial charge >= 0.3 is 0 Å². The van der Waals surface area contributed by atoms with Gasteiger partial charge in [-0.2, -0.15) is 5.10 Å². The molecule has 2 N–H and O–H groups in total. The summed E-state index contributed by atoms with van der Waals surface area (Å²) in [5, 5.41) is 5.08. The van der Waals surface area contributed by atoms with Crippen LogP contribution in [0, 0.1) is 0 Å². The maximum absolute atomic E-state index is 6.10. The molecule has 0 amide bonds. The molecular formula is C13H16ClN3. The number of aromatic nitrogens is 2. The summed E-state index contributed by atoms with van der Waals surface area (Å²) in [5.41, 5.74) is 8.35. The van der Waals surface area contributed by atoms with Crippen LogP contribution >= 0.6 is 11.6 Å². The zero-order valence-electron chi connectivity index (χ0n) is 9.81. The van der Waals surface area contributed by atoms with E-state index in [2.05, 4.69) is 5.10 Å². The number of benzene rings is 1. The maximum Gasteiger partial charge on any atom is 0.0640 e. The van der Waals surface area contributed by atoms with Gasteiger partial charge in [0.05, 0.1) is 5.69 Å². The lowest BCUT2D eigenvalue weighted by Gasteiger charge is -2.10. The smallest absolute Gasteiger partial charge is 0.0640 e. The lowest BCUT2D eigenvalue weighted by Crippen LogP contribution is -2.25. The molecule has 3 nitrogen and oxygen atoms in total. The van der Waals surface area contributed by atoms with E-state index in [1.165, 1.54) is 5.56 Å². The Balaban J connectivity index is 1.93. The molecule has 0 saturated heterocycles. The normalized spacial score (nSPS) is 12.6. The van der Waals surface area contributed by atoms with Gasteiger partial charge in [-0.25, -0.2) is 0 Å². The number of nitrogens with zero attached hydrogens (tertiary/aromatic N) is 2. The van der Waals surface area contributed by atoms with Gasteiger partial charge in [0.2, 0.25) is 0 Å². The first kappa shape index (κ1) is 12.1. The van der Waals surface area contributed by atoms with Crippen LogP contribution < -0.4 is 5.73 Å². The van der Waals surface area contributed by atoms with Crippen LogP contribution in [-0.2, 0) is 19.9 Å². The second kappa shape index (κ2) is 5.34. The number of rotatable bonds is 4. The van der Waals surface area contributed by atoms with Crippen molar-refractivity contribution in [2.75, 3.05) is 0 Å². The molecule has 1 aromatic heterocycles. The molecule has 0 bridgehead atoms. The molecule has 1 heterocycles. The first-order valence-electron chi connectivity index (χ1n) is 5.62. The van der Waals surface area contributed by atoms with Crippen molar-refractivity contribution in [3.05, 3.63) is 52.8 Å². The molecular weight excluding hydrogens is 234 g/mol. The van der Waals surface area contributed by atoms with Crippen molar-refractivity contribution in [1.29, 1.82) is 0 Å². The molecule has 2 rings (SSSR count). The van der Waals surface area contributed by atoms with Crippen molar-refractivity contribution in [1.82, 2.24) is 9.78 Å². The Labute approximate surface area is 106 Å². The van der Waals surface area contributed by atoms with Crippen LogP contribution in [-0.4, -0.2) is 15.8 Å². The van der Waals surface area contributed by atoms with E-state index < -0.39 is 0 Å². The predicted molar refractivity (Wildman–Crippen MR) is 70.0 cm³/mol. The molecule has 4 heteroatoms. The van der Waals surface area contributed by atoms with Crippen molar-refractivity contribution < 1.29 is 0 Å². The van der Waals surface area contributed by atoms with Gasteiger partial charge in [-0.1, -0.05) is 23.7 Å². The average molecular weight is 250 g/mol. The second-order valence-corrected chi connectivity index (χ2v) is 4.71. The van der Waals surface area contributed by atoms with Crippen molar-refractivity contribution >= 4 is 11.6 Å². The molecule has 0 saturated carbocycles. The van der Waals surface area contributed by atoms with E-state index in [-0.39, 0.29) is 6.04 Å². The molecule has 0 fully saturated rings. The van der Waals surface area contributed by atoms with Crippen LogP contribution in [0.1, 0.15) is 11.3 Å². The molecule has 1 unspecified atom stereocenters. The fraction of sp³-hybridized carbons (Fsp3) is 0.308. The van der Waals surface area contributed by atoms with Gasteiger partial charge in [0.1, 0.15) is 0 Å². The highest BCUT2D eigenvalue weighted by Gasteiger charge is 2.07. The van der Waals surface area contributed by atoms with E-state index in [0.717, 1.165) is 23.6 Å².